The van der Waals surface area contributed by atoms with E-state index in [1.165, 1.54) is 4.90 Å². The Balaban J connectivity index is 2.50. The third-order valence-corrected chi connectivity index (χ3v) is 3.42. The predicted molar refractivity (Wildman–Crippen MR) is 79.1 cm³/mol. The number of rotatable bonds is 4. The van der Waals surface area contributed by atoms with Gasteiger partial charge in [0.15, 0.2) is 6.10 Å². The van der Waals surface area contributed by atoms with Crippen molar-refractivity contribution in [1.82, 2.24) is 0 Å². The molecule has 0 aromatic heterocycles. The molecule has 1 heterocycles. The van der Waals surface area contributed by atoms with Gasteiger partial charge in [0.05, 0.1) is 12.3 Å². The Morgan fingerprint density at radius 3 is 2.81 bits per heavy atom. The van der Waals surface area contributed by atoms with Crippen molar-refractivity contribution in [1.29, 1.82) is 0 Å². The normalized spacial score (nSPS) is 18.7. The van der Waals surface area contributed by atoms with E-state index in [9.17, 15) is 9.59 Å². The molecule has 114 valence electrons. The van der Waals surface area contributed by atoms with Crippen molar-refractivity contribution >= 4 is 23.3 Å². The maximum Gasteiger partial charge on any atom is 0.329 e. The second-order valence-electron chi connectivity index (χ2n) is 4.84. The van der Waals surface area contributed by atoms with Gasteiger partial charge in [-0.1, -0.05) is 13.0 Å². The zero-order chi connectivity index (χ0) is 15.6. The molecule has 1 aromatic rings. The van der Waals surface area contributed by atoms with Crippen LogP contribution in [0.1, 0.15) is 27.2 Å². The summed E-state index contributed by atoms with van der Waals surface area (Å²) in [5, 5.41) is 0. The van der Waals surface area contributed by atoms with E-state index >= 15 is 0 Å². The number of nitrogens with two attached hydrogens (primary N) is 1. The first-order chi connectivity index (χ1) is 10.0. The van der Waals surface area contributed by atoms with Crippen LogP contribution in [-0.2, 0) is 14.3 Å². The number of nitrogens with zero attached hydrogens (tertiary/aromatic N) is 1. The van der Waals surface area contributed by atoms with E-state index in [0.717, 1.165) is 0 Å². The molecule has 0 fully saturated rings. The molecule has 6 nitrogen and oxygen atoms in total. The minimum Gasteiger partial charge on any atom is -0.479 e. The lowest BCUT2D eigenvalue weighted by Crippen LogP contribution is -2.53. The van der Waals surface area contributed by atoms with Crippen LogP contribution in [0.5, 0.6) is 5.75 Å². The van der Waals surface area contributed by atoms with E-state index in [4.69, 9.17) is 15.2 Å². The highest BCUT2D eigenvalue weighted by atomic mass is 16.5. The van der Waals surface area contributed by atoms with Crippen molar-refractivity contribution in [2.75, 3.05) is 17.2 Å². The van der Waals surface area contributed by atoms with Gasteiger partial charge in [-0.2, -0.15) is 0 Å². The van der Waals surface area contributed by atoms with Gasteiger partial charge in [-0.25, -0.2) is 4.79 Å². The van der Waals surface area contributed by atoms with Gasteiger partial charge < -0.3 is 15.2 Å². The molecule has 1 aromatic carbocycles. The second kappa shape index (κ2) is 6.03. The SMILES string of the molecule is CCOC(=O)C(CC)N1C(=O)C(C)Oc2cccc(N)c21. The van der Waals surface area contributed by atoms with E-state index < -0.39 is 18.1 Å². The molecule has 2 atom stereocenters. The summed E-state index contributed by atoms with van der Waals surface area (Å²) >= 11 is 0. The average molecular weight is 292 g/mol. The fourth-order valence-corrected chi connectivity index (χ4v) is 2.44. The molecule has 1 amide bonds. The van der Waals surface area contributed by atoms with Crippen molar-refractivity contribution in [3.05, 3.63) is 18.2 Å². The Hall–Kier alpha value is -2.24. The molecule has 21 heavy (non-hydrogen) atoms. The summed E-state index contributed by atoms with van der Waals surface area (Å²) in [4.78, 5) is 26.0. The standard InChI is InChI=1S/C15H20N2O4/c1-4-11(15(19)20-5-2)17-13-10(16)7-6-8-12(13)21-9(3)14(17)18/h6-9,11H,4-5,16H2,1-3H3. The molecule has 0 radical (unpaired) electrons. The highest BCUT2D eigenvalue weighted by Gasteiger charge is 2.40. The number of carbonyl (C=O) groups excluding carboxylic acids is 2. The molecular formula is C15H20N2O4. The first kappa shape index (κ1) is 15.2. The quantitative estimate of drug-likeness (QED) is 0.675. The lowest BCUT2D eigenvalue weighted by Gasteiger charge is -2.37. The Morgan fingerprint density at radius 2 is 2.19 bits per heavy atom. The lowest BCUT2D eigenvalue weighted by atomic mass is 10.1. The van der Waals surface area contributed by atoms with Crippen molar-refractivity contribution in [3.8, 4) is 5.75 Å². The number of amides is 1. The largest absolute Gasteiger partial charge is 0.479 e. The zero-order valence-electron chi connectivity index (χ0n) is 12.5. The third kappa shape index (κ3) is 2.66. The monoisotopic (exact) mass is 292 g/mol. The van der Waals surface area contributed by atoms with Gasteiger partial charge in [0.1, 0.15) is 17.5 Å². The van der Waals surface area contributed by atoms with Crippen molar-refractivity contribution in [3.63, 3.8) is 0 Å². The molecule has 0 saturated heterocycles. The van der Waals surface area contributed by atoms with Crippen molar-refractivity contribution in [2.24, 2.45) is 0 Å². The first-order valence-corrected chi connectivity index (χ1v) is 7.06. The molecule has 1 aliphatic rings. The number of anilines is 2. The molecule has 2 N–H and O–H groups in total. The molecule has 0 saturated carbocycles. The van der Waals surface area contributed by atoms with Crippen molar-refractivity contribution < 1.29 is 19.1 Å². The van der Waals surface area contributed by atoms with Crippen LogP contribution >= 0.6 is 0 Å². The van der Waals surface area contributed by atoms with Crippen LogP contribution in [0.4, 0.5) is 11.4 Å². The van der Waals surface area contributed by atoms with Gasteiger partial charge >= 0.3 is 5.97 Å². The van der Waals surface area contributed by atoms with E-state index in [0.29, 0.717) is 23.5 Å². The summed E-state index contributed by atoms with van der Waals surface area (Å²) in [6, 6.07) is 4.46. The Bertz CT molecular complexity index is 559. The first-order valence-electron chi connectivity index (χ1n) is 7.06. The average Bonchev–Trinajstić information content (AvgIpc) is 2.44. The van der Waals surface area contributed by atoms with Crippen molar-refractivity contribution in [2.45, 2.75) is 39.3 Å². The van der Waals surface area contributed by atoms with Gasteiger partial charge in [0.2, 0.25) is 0 Å². The molecular weight excluding hydrogens is 272 g/mol. The number of nitrogen functional groups attached to an aromatic ring is 1. The van der Waals surface area contributed by atoms with E-state index in [1.807, 2.05) is 6.92 Å². The minimum absolute atomic E-state index is 0.264. The number of hydrogen-bond donors (Lipinski definition) is 1. The van der Waals surface area contributed by atoms with Crippen LogP contribution in [-0.4, -0.2) is 30.6 Å². The highest BCUT2D eigenvalue weighted by Crippen LogP contribution is 2.40. The second-order valence-corrected chi connectivity index (χ2v) is 4.84. The summed E-state index contributed by atoms with van der Waals surface area (Å²) in [7, 11) is 0. The van der Waals surface area contributed by atoms with Crippen LogP contribution < -0.4 is 15.4 Å². The van der Waals surface area contributed by atoms with Gasteiger partial charge in [-0.05, 0) is 32.4 Å². The van der Waals surface area contributed by atoms with Gasteiger partial charge in [0, 0.05) is 0 Å². The number of ether oxygens (including phenoxy) is 2. The highest BCUT2D eigenvalue weighted by molar-refractivity contribution is 6.06. The molecule has 6 heteroatoms. The summed E-state index contributed by atoms with van der Waals surface area (Å²) in [6.45, 7) is 5.48. The smallest absolute Gasteiger partial charge is 0.329 e. The molecule has 0 bridgehead atoms. The van der Waals surface area contributed by atoms with Crippen LogP contribution in [0.3, 0.4) is 0 Å². The summed E-state index contributed by atoms with van der Waals surface area (Å²) < 4.78 is 10.6. The Morgan fingerprint density at radius 1 is 1.48 bits per heavy atom. The predicted octanol–water partition coefficient (Wildman–Crippen LogP) is 1.72. The molecule has 0 spiro atoms. The van der Waals surface area contributed by atoms with Gasteiger partial charge in [-0.15, -0.1) is 0 Å². The van der Waals surface area contributed by atoms with E-state index in [-0.39, 0.29) is 12.5 Å². The van der Waals surface area contributed by atoms with Gasteiger partial charge in [-0.3, -0.25) is 9.69 Å². The summed E-state index contributed by atoms with van der Waals surface area (Å²) in [5.41, 5.74) is 6.82. The number of carbonyl (C=O) groups is 2. The zero-order valence-corrected chi connectivity index (χ0v) is 12.5. The van der Waals surface area contributed by atoms with Crippen LogP contribution in [0.2, 0.25) is 0 Å². The maximum absolute atomic E-state index is 12.5. The topological polar surface area (TPSA) is 81.9 Å². The molecule has 2 unspecified atom stereocenters. The van der Waals surface area contributed by atoms with Crippen LogP contribution in [0.15, 0.2) is 18.2 Å². The molecule has 1 aliphatic heterocycles. The van der Waals surface area contributed by atoms with E-state index in [1.54, 1.807) is 32.0 Å². The van der Waals surface area contributed by atoms with Crippen LogP contribution in [0.25, 0.3) is 0 Å². The molecule has 0 aliphatic carbocycles. The minimum atomic E-state index is -0.702. The fourth-order valence-electron chi connectivity index (χ4n) is 2.44. The lowest BCUT2D eigenvalue weighted by molar-refractivity contribution is -0.146. The van der Waals surface area contributed by atoms with Crippen LogP contribution in [0, 0.1) is 0 Å². The number of hydrogen-bond acceptors (Lipinski definition) is 5. The summed E-state index contributed by atoms with van der Waals surface area (Å²) in [5.74, 6) is -0.221. The number of benzene rings is 1. The molecule has 2 rings (SSSR count). The Kier molecular flexibility index (Phi) is 4.35. The number of fused-ring (bicyclic) bond motifs is 1. The number of esters is 1. The Labute approximate surface area is 123 Å². The fraction of sp³-hybridized carbons (Fsp3) is 0.467. The van der Waals surface area contributed by atoms with E-state index in [2.05, 4.69) is 0 Å². The summed E-state index contributed by atoms with van der Waals surface area (Å²) in [6.07, 6.45) is -0.229. The van der Waals surface area contributed by atoms with Gasteiger partial charge in [0.25, 0.3) is 5.91 Å². The third-order valence-electron chi connectivity index (χ3n) is 3.42. The number of para-hydroxylation sites is 1. The maximum atomic E-state index is 12.5.